The van der Waals surface area contributed by atoms with E-state index in [4.69, 9.17) is 0 Å². The molecule has 1 aliphatic carbocycles. The van der Waals surface area contributed by atoms with Crippen LogP contribution in [-0.2, 0) is 0 Å². The molecule has 0 aromatic carbocycles. The number of allylic oxidation sites excluding steroid dienone is 4. The van der Waals surface area contributed by atoms with Crippen LogP contribution in [-0.4, -0.2) is 0 Å². The summed E-state index contributed by atoms with van der Waals surface area (Å²) in [7, 11) is 0. The van der Waals surface area contributed by atoms with Gasteiger partial charge in [0.15, 0.2) is 0 Å². The van der Waals surface area contributed by atoms with Gasteiger partial charge >= 0.3 is 0 Å². The van der Waals surface area contributed by atoms with E-state index in [1.54, 1.807) is 11.1 Å². The molecule has 0 heteroatoms. The Labute approximate surface area is 76.4 Å². The fourth-order valence-corrected chi connectivity index (χ4v) is 1.69. The fraction of sp³-hybridized carbons (Fsp3) is 0.667. The molecule has 0 N–H and O–H groups in total. The highest BCUT2D eigenvalue weighted by Gasteiger charge is 2.04. The van der Waals surface area contributed by atoms with Gasteiger partial charge in [-0.1, -0.05) is 50.0 Å². The van der Waals surface area contributed by atoms with Crippen molar-refractivity contribution in [2.24, 2.45) is 0 Å². The van der Waals surface area contributed by atoms with Gasteiger partial charge in [-0.2, -0.15) is 0 Å². The molecule has 0 aliphatic heterocycles. The second-order valence-corrected chi connectivity index (χ2v) is 3.64. The zero-order chi connectivity index (χ0) is 8.81. The van der Waals surface area contributed by atoms with Crippen LogP contribution in [0.15, 0.2) is 23.3 Å². The minimum atomic E-state index is 1.23. The average molecular weight is 164 g/mol. The molecule has 0 unspecified atom stereocenters. The molecule has 0 spiro atoms. The van der Waals surface area contributed by atoms with Crippen molar-refractivity contribution in [3.63, 3.8) is 0 Å². The highest BCUT2D eigenvalue weighted by atomic mass is 14.1. The van der Waals surface area contributed by atoms with E-state index in [0.29, 0.717) is 0 Å². The number of hydrogen-bond donors (Lipinski definition) is 0. The number of rotatable bonds is 5. The lowest BCUT2D eigenvalue weighted by molar-refractivity contribution is 0.798. The molecule has 0 amide bonds. The molecule has 1 aliphatic rings. The Morgan fingerprint density at radius 2 is 2.00 bits per heavy atom. The molecule has 0 saturated heterocycles. The number of hydrogen-bond acceptors (Lipinski definition) is 0. The first-order valence-corrected chi connectivity index (χ1v) is 5.25. The van der Waals surface area contributed by atoms with Gasteiger partial charge in [-0.05, 0) is 25.7 Å². The van der Waals surface area contributed by atoms with Gasteiger partial charge < -0.3 is 0 Å². The zero-order valence-electron chi connectivity index (χ0n) is 8.40. The van der Waals surface area contributed by atoms with Crippen molar-refractivity contribution in [1.82, 2.24) is 0 Å². The second kappa shape index (κ2) is 5.18. The van der Waals surface area contributed by atoms with Crippen LogP contribution in [0.4, 0.5) is 0 Å². The third-order valence-corrected chi connectivity index (χ3v) is 2.41. The Morgan fingerprint density at radius 1 is 1.17 bits per heavy atom. The minimum absolute atomic E-state index is 1.23. The molecule has 12 heavy (non-hydrogen) atoms. The molecule has 0 heterocycles. The first kappa shape index (κ1) is 9.57. The largest absolute Gasteiger partial charge is 0.0772 e. The van der Waals surface area contributed by atoms with Crippen LogP contribution >= 0.6 is 0 Å². The topological polar surface area (TPSA) is 0 Å². The first-order valence-electron chi connectivity index (χ1n) is 5.25. The monoisotopic (exact) mass is 164 g/mol. The first-order chi connectivity index (χ1) is 5.86. The maximum atomic E-state index is 2.42. The summed E-state index contributed by atoms with van der Waals surface area (Å²) in [6, 6.07) is 0. The minimum Gasteiger partial charge on any atom is -0.0772 e. The van der Waals surface area contributed by atoms with Crippen molar-refractivity contribution in [1.29, 1.82) is 0 Å². The van der Waals surface area contributed by atoms with Gasteiger partial charge in [0.2, 0.25) is 0 Å². The van der Waals surface area contributed by atoms with Gasteiger partial charge in [0.1, 0.15) is 0 Å². The van der Waals surface area contributed by atoms with Crippen LogP contribution in [0, 0.1) is 0 Å². The third kappa shape index (κ3) is 2.84. The van der Waals surface area contributed by atoms with Gasteiger partial charge in [-0.15, -0.1) is 0 Å². The van der Waals surface area contributed by atoms with Crippen molar-refractivity contribution < 1.29 is 0 Å². The summed E-state index contributed by atoms with van der Waals surface area (Å²) in [5.74, 6) is 0. The van der Waals surface area contributed by atoms with Crippen LogP contribution in [0.25, 0.3) is 0 Å². The molecule has 0 bridgehead atoms. The molecule has 0 fully saturated rings. The molecule has 0 aromatic heterocycles. The quantitative estimate of drug-likeness (QED) is 0.570. The van der Waals surface area contributed by atoms with Crippen LogP contribution < -0.4 is 0 Å². The Hall–Kier alpha value is -0.520. The van der Waals surface area contributed by atoms with Crippen LogP contribution in [0.2, 0.25) is 0 Å². The van der Waals surface area contributed by atoms with Gasteiger partial charge in [0.25, 0.3) is 0 Å². The molecule has 0 radical (unpaired) electrons. The summed E-state index contributed by atoms with van der Waals surface area (Å²) in [5, 5.41) is 0. The van der Waals surface area contributed by atoms with Gasteiger partial charge in [-0.3, -0.25) is 0 Å². The molecule has 0 saturated carbocycles. The predicted octanol–water partition coefficient (Wildman–Crippen LogP) is 4.23. The predicted molar refractivity (Wildman–Crippen MR) is 55.2 cm³/mol. The molecule has 0 aromatic rings. The molecular formula is C12H20. The number of unbranched alkanes of at least 4 members (excludes halogenated alkanes) is 1. The zero-order valence-corrected chi connectivity index (χ0v) is 8.40. The van der Waals surface area contributed by atoms with Crippen LogP contribution in [0.5, 0.6) is 0 Å². The SMILES string of the molecule is CCCCC1=CCC(CCC)=C1. The van der Waals surface area contributed by atoms with E-state index in [2.05, 4.69) is 26.0 Å². The van der Waals surface area contributed by atoms with Crippen molar-refractivity contribution in [2.45, 2.75) is 52.4 Å². The average Bonchev–Trinajstić information content (AvgIpc) is 2.50. The van der Waals surface area contributed by atoms with Crippen molar-refractivity contribution in [3.05, 3.63) is 23.3 Å². The summed E-state index contributed by atoms with van der Waals surface area (Å²) in [4.78, 5) is 0. The van der Waals surface area contributed by atoms with E-state index in [-0.39, 0.29) is 0 Å². The Balaban J connectivity index is 2.29. The maximum Gasteiger partial charge on any atom is -0.0130 e. The molecule has 0 atom stereocenters. The van der Waals surface area contributed by atoms with Gasteiger partial charge in [0.05, 0.1) is 0 Å². The van der Waals surface area contributed by atoms with E-state index in [1.807, 2.05) is 0 Å². The lowest BCUT2D eigenvalue weighted by atomic mass is 10.1. The van der Waals surface area contributed by atoms with E-state index >= 15 is 0 Å². The van der Waals surface area contributed by atoms with E-state index in [0.717, 1.165) is 0 Å². The Bertz CT molecular complexity index is 184. The normalized spacial score (nSPS) is 16.2. The summed E-state index contributed by atoms with van der Waals surface area (Å²) < 4.78 is 0. The summed E-state index contributed by atoms with van der Waals surface area (Å²) in [5.41, 5.74) is 3.23. The molecule has 0 nitrogen and oxygen atoms in total. The fourth-order valence-electron chi connectivity index (χ4n) is 1.69. The van der Waals surface area contributed by atoms with Crippen molar-refractivity contribution >= 4 is 0 Å². The summed E-state index contributed by atoms with van der Waals surface area (Å²) >= 11 is 0. The lowest BCUT2D eigenvalue weighted by Crippen LogP contribution is -1.76. The van der Waals surface area contributed by atoms with E-state index in [1.165, 1.54) is 38.5 Å². The lowest BCUT2D eigenvalue weighted by Gasteiger charge is -1.96. The van der Waals surface area contributed by atoms with Crippen molar-refractivity contribution in [3.8, 4) is 0 Å². The second-order valence-electron chi connectivity index (χ2n) is 3.64. The van der Waals surface area contributed by atoms with Gasteiger partial charge in [0, 0.05) is 0 Å². The Kier molecular flexibility index (Phi) is 4.13. The highest BCUT2D eigenvalue weighted by molar-refractivity contribution is 5.32. The molecule has 1 rings (SSSR count). The van der Waals surface area contributed by atoms with E-state index < -0.39 is 0 Å². The molecule has 68 valence electrons. The Morgan fingerprint density at radius 3 is 2.67 bits per heavy atom. The van der Waals surface area contributed by atoms with Crippen LogP contribution in [0.3, 0.4) is 0 Å². The summed E-state index contributed by atoms with van der Waals surface area (Å²) in [6.07, 6.45) is 12.6. The maximum absolute atomic E-state index is 2.42. The third-order valence-electron chi connectivity index (χ3n) is 2.41. The standard InChI is InChI=1S/C12H20/c1-3-5-7-12-9-8-11(10-12)6-4-2/h9-10H,3-8H2,1-2H3. The van der Waals surface area contributed by atoms with E-state index in [9.17, 15) is 0 Å². The van der Waals surface area contributed by atoms with Gasteiger partial charge in [-0.25, -0.2) is 0 Å². The summed E-state index contributed by atoms with van der Waals surface area (Å²) in [6.45, 7) is 4.51. The highest BCUT2D eigenvalue weighted by Crippen LogP contribution is 2.24. The molecular weight excluding hydrogens is 144 g/mol. The van der Waals surface area contributed by atoms with Crippen LogP contribution in [0.1, 0.15) is 52.4 Å². The smallest absolute Gasteiger partial charge is 0.0130 e. The van der Waals surface area contributed by atoms with Crippen molar-refractivity contribution in [2.75, 3.05) is 0 Å².